The number of nitrogens with one attached hydrogen (secondary N) is 5. The molecule has 0 aliphatic carbocycles. The second-order valence-corrected chi connectivity index (χ2v) is 10.4. The van der Waals surface area contributed by atoms with Crippen LogP contribution in [0.5, 0.6) is 0 Å². The predicted molar refractivity (Wildman–Crippen MR) is 162 cm³/mol. The summed E-state index contributed by atoms with van der Waals surface area (Å²) in [6, 6.07) is 6.68. The molecule has 4 amide bonds. The van der Waals surface area contributed by atoms with Crippen LogP contribution in [0.3, 0.4) is 0 Å². The fraction of sp³-hybridized carbons (Fsp3) is 0.300. The Morgan fingerprint density at radius 2 is 1.77 bits per heavy atom. The standard InChI is InChI=1S/C30H32ClF3N6O3/c1-5-40(6-2)12-11-35-28(42)26-16(3)24(36-17(26)4)15-21-20-9-8-19(14-25(20)38-27(21)41)37-29(43)39-23-10-7-18(13-22(23)31)30(32,33)34/h7-10,13-15,36H,5-6,11-12H2,1-4H3,(H,35,42)(H,38,41)(H2,37,39,43). The van der Waals surface area contributed by atoms with Crippen LogP contribution in [-0.2, 0) is 11.0 Å². The first-order chi connectivity index (χ1) is 20.3. The number of aryl methyl sites for hydroxylation is 1. The lowest BCUT2D eigenvalue weighted by molar-refractivity contribution is -0.137. The molecular formula is C30H32ClF3N6O3. The number of carbonyl (C=O) groups is 3. The summed E-state index contributed by atoms with van der Waals surface area (Å²) < 4.78 is 38.6. The molecule has 0 fully saturated rings. The number of fused-ring (bicyclic) bond motifs is 1. The maximum absolute atomic E-state index is 12.9. The normalized spacial score (nSPS) is 13.7. The summed E-state index contributed by atoms with van der Waals surface area (Å²) in [5.74, 6) is -0.545. The number of aromatic nitrogens is 1. The molecule has 1 aliphatic rings. The number of hydrogen-bond donors (Lipinski definition) is 5. The first-order valence-corrected chi connectivity index (χ1v) is 14.0. The average molecular weight is 617 g/mol. The minimum atomic E-state index is -4.56. The smallest absolute Gasteiger partial charge is 0.358 e. The molecule has 0 spiro atoms. The van der Waals surface area contributed by atoms with Gasteiger partial charge in [-0.2, -0.15) is 13.2 Å². The van der Waals surface area contributed by atoms with E-state index in [2.05, 4.69) is 45.0 Å². The third-order valence-corrected chi connectivity index (χ3v) is 7.52. The van der Waals surface area contributed by atoms with E-state index in [-0.39, 0.29) is 22.5 Å². The number of halogens is 4. The van der Waals surface area contributed by atoms with E-state index in [4.69, 9.17) is 11.6 Å². The number of anilines is 3. The number of H-pyrrole nitrogens is 1. The van der Waals surface area contributed by atoms with Gasteiger partial charge in [-0.25, -0.2) is 4.79 Å². The topological polar surface area (TPSA) is 118 Å². The Kier molecular flexibility index (Phi) is 9.51. The fourth-order valence-electron chi connectivity index (χ4n) is 4.85. The fourth-order valence-corrected chi connectivity index (χ4v) is 5.08. The summed E-state index contributed by atoms with van der Waals surface area (Å²) in [6.07, 6.45) is -2.88. The summed E-state index contributed by atoms with van der Waals surface area (Å²) in [6.45, 7) is 10.8. The van der Waals surface area contributed by atoms with Gasteiger partial charge in [-0.15, -0.1) is 0 Å². The van der Waals surface area contributed by atoms with Crippen molar-refractivity contribution in [3.05, 3.63) is 75.1 Å². The summed E-state index contributed by atoms with van der Waals surface area (Å²) in [4.78, 5) is 43.7. The molecule has 3 aromatic rings. The van der Waals surface area contributed by atoms with E-state index >= 15 is 0 Å². The van der Waals surface area contributed by atoms with Crippen molar-refractivity contribution in [2.45, 2.75) is 33.9 Å². The van der Waals surface area contributed by atoms with Gasteiger partial charge in [0.1, 0.15) is 0 Å². The Hall–Kier alpha value is -4.29. The van der Waals surface area contributed by atoms with Gasteiger partial charge in [0.25, 0.3) is 11.8 Å². The molecular weight excluding hydrogens is 585 g/mol. The van der Waals surface area contributed by atoms with Gasteiger partial charge in [-0.1, -0.05) is 31.5 Å². The minimum Gasteiger partial charge on any atom is -0.358 e. The van der Waals surface area contributed by atoms with E-state index < -0.39 is 17.8 Å². The summed E-state index contributed by atoms with van der Waals surface area (Å²) >= 11 is 5.92. The van der Waals surface area contributed by atoms with Gasteiger partial charge in [-0.3, -0.25) is 9.59 Å². The number of nitrogens with zero attached hydrogens (tertiary/aromatic N) is 1. The molecule has 1 aliphatic heterocycles. The highest BCUT2D eigenvalue weighted by Crippen LogP contribution is 2.36. The quantitative estimate of drug-likeness (QED) is 0.176. The van der Waals surface area contributed by atoms with E-state index in [1.807, 2.05) is 6.92 Å². The molecule has 43 heavy (non-hydrogen) atoms. The molecule has 0 unspecified atom stereocenters. The van der Waals surface area contributed by atoms with Crippen LogP contribution in [-0.4, -0.2) is 53.9 Å². The van der Waals surface area contributed by atoms with Crippen molar-refractivity contribution >= 4 is 58.2 Å². The SMILES string of the molecule is CCN(CC)CCNC(=O)c1c(C)[nH]c(C=C2C(=O)Nc3cc(NC(=O)Nc4ccc(C(F)(F)F)cc4Cl)ccc32)c1C. The zero-order valence-corrected chi connectivity index (χ0v) is 24.8. The Morgan fingerprint density at radius 3 is 2.42 bits per heavy atom. The molecule has 4 rings (SSSR count). The lowest BCUT2D eigenvalue weighted by Gasteiger charge is -2.18. The monoisotopic (exact) mass is 616 g/mol. The van der Waals surface area contributed by atoms with Crippen molar-refractivity contribution in [1.29, 1.82) is 0 Å². The number of urea groups is 1. The van der Waals surface area contributed by atoms with Crippen LogP contribution in [0.25, 0.3) is 11.6 Å². The van der Waals surface area contributed by atoms with E-state index in [0.29, 0.717) is 51.6 Å². The third kappa shape index (κ3) is 7.20. The first kappa shape index (κ1) is 31.6. The second kappa shape index (κ2) is 12.9. The maximum Gasteiger partial charge on any atom is 0.416 e. The van der Waals surface area contributed by atoms with Crippen molar-refractivity contribution in [3.8, 4) is 0 Å². The van der Waals surface area contributed by atoms with Crippen molar-refractivity contribution in [2.24, 2.45) is 0 Å². The molecule has 0 saturated heterocycles. The molecule has 0 bridgehead atoms. The van der Waals surface area contributed by atoms with Gasteiger partial charge in [0, 0.05) is 35.7 Å². The van der Waals surface area contributed by atoms with E-state index in [1.165, 1.54) is 0 Å². The Balaban J connectivity index is 1.47. The first-order valence-electron chi connectivity index (χ1n) is 13.6. The lowest BCUT2D eigenvalue weighted by atomic mass is 10.0. The van der Waals surface area contributed by atoms with Gasteiger partial charge in [0.2, 0.25) is 0 Å². The van der Waals surface area contributed by atoms with Gasteiger partial charge in [-0.05, 0) is 68.9 Å². The molecule has 0 radical (unpaired) electrons. The zero-order chi connectivity index (χ0) is 31.5. The number of likely N-dealkylation sites (N-methyl/N-ethyl adjacent to an activating group) is 1. The Labute approximate surface area is 251 Å². The van der Waals surface area contributed by atoms with Crippen LogP contribution in [0.2, 0.25) is 5.02 Å². The highest BCUT2D eigenvalue weighted by Gasteiger charge is 2.31. The van der Waals surface area contributed by atoms with Crippen molar-refractivity contribution < 1.29 is 27.6 Å². The molecule has 0 saturated carbocycles. The second-order valence-electron chi connectivity index (χ2n) is 9.99. The van der Waals surface area contributed by atoms with E-state index in [9.17, 15) is 27.6 Å². The minimum absolute atomic E-state index is 0.000373. The number of alkyl halides is 3. The number of benzene rings is 2. The van der Waals surface area contributed by atoms with Crippen molar-refractivity contribution in [1.82, 2.24) is 15.2 Å². The van der Waals surface area contributed by atoms with Gasteiger partial charge < -0.3 is 31.2 Å². The highest BCUT2D eigenvalue weighted by molar-refractivity contribution is 6.35. The number of hydrogen-bond acceptors (Lipinski definition) is 4. The van der Waals surface area contributed by atoms with E-state index in [1.54, 1.807) is 31.2 Å². The molecule has 0 atom stereocenters. The Bertz CT molecular complexity index is 1590. The van der Waals surface area contributed by atoms with Crippen LogP contribution >= 0.6 is 11.6 Å². The average Bonchev–Trinajstić information content (AvgIpc) is 3.40. The predicted octanol–water partition coefficient (Wildman–Crippen LogP) is 6.51. The molecule has 228 valence electrons. The van der Waals surface area contributed by atoms with Crippen LogP contribution in [0.4, 0.5) is 35.0 Å². The van der Waals surface area contributed by atoms with Crippen LogP contribution in [0, 0.1) is 13.8 Å². The van der Waals surface area contributed by atoms with Crippen molar-refractivity contribution in [3.63, 3.8) is 0 Å². The van der Waals surface area contributed by atoms with Crippen LogP contribution < -0.4 is 21.3 Å². The number of rotatable bonds is 9. The maximum atomic E-state index is 12.9. The number of carbonyl (C=O) groups excluding carboxylic acids is 3. The molecule has 9 nitrogen and oxygen atoms in total. The van der Waals surface area contributed by atoms with Gasteiger partial charge in [0.15, 0.2) is 0 Å². The van der Waals surface area contributed by atoms with Crippen LogP contribution in [0.15, 0.2) is 36.4 Å². The molecule has 2 heterocycles. The molecule has 1 aromatic heterocycles. The summed E-state index contributed by atoms with van der Waals surface area (Å²) in [5, 5.41) is 10.5. The summed E-state index contributed by atoms with van der Waals surface area (Å²) in [7, 11) is 0. The van der Waals surface area contributed by atoms with E-state index in [0.717, 1.165) is 37.8 Å². The molecule has 13 heteroatoms. The molecule has 5 N–H and O–H groups in total. The lowest BCUT2D eigenvalue weighted by Crippen LogP contribution is -2.35. The summed E-state index contributed by atoms with van der Waals surface area (Å²) in [5.41, 5.74) is 3.37. The van der Waals surface area contributed by atoms with Gasteiger partial charge >= 0.3 is 12.2 Å². The van der Waals surface area contributed by atoms with Crippen molar-refractivity contribution in [2.75, 3.05) is 42.1 Å². The molecule has 2 aromatic carbocycles. The number of aromatic amines is 1. The third-order valence-electron chi connectivity index (χ3n) is 7.20. The van der Waals surface area contributed by atoms with Crippen LogP contribution in [0.1, 0.15) is 52.3 Å². The van der Waals surface area contributed by atoms with Gasteiger partial charge in [0.05, 0.1) is 33.1 Å². The largest absolute Gasteiger partial charge is 0.416 e. The highest BCUT2D eigenvalue weighted by atomic mass is 35.5. The number of amides is 4. The zero-order valence-electron chi connectivity index (χ0n) is 24.1. The Morgan fingerprint density at radius 1 is 1.05 bits per heavy atom.